The maximum atomic E-state index is 12.8. The molecule has 0 unspecified atom stereocenters. The van der Waals surface area contributed by atoms with E-state index in [1.165, 1.54) is 13.2 Å². The summed E-state index contributed by atoms with van der Waals surface area (Å²) in [6.45, 7) is 0.177. The van der Waals surface area contributed by atoms with E-state index in [0.717, 1.165) is 22.2 Å². The summed E-state index contributed by atoms with van der Waals surface area (Å²) in [5.41, 5.74) is 3.42. The topological polar surface area (TPSA) is 97.6 Å². The Morgan fingerprint density at radius 1 is 0.925 bits per heavy atom. The normalized spacial score (nSPS) is 11.1. The summed E-state index contributed by atoms with van der Waals surface area (Å²) in [5, 5.41) is 10.0. The van der Waals surface area contributed by atoms with Crippen molar-refractivity contribution in [1.82, 2.24) is 20.0 Å². The SMILES string of the molecule is COc1ccc(C(=O)/C=C/c2ccc(OCc3cn(-c4ccnc5cc(Cl)ccc45)nn3)c(OC)c2)c(OC)c1. The first-order chi connectivity index (χ1) is 19.5. The third kappa shape index (κ3) is 5.74. The lowest BCUT2D eigenvalue weighted by molar-refractivity contribution is 0.104. The Bertz CT molecular complexity index is 1720. The number of carbonyl (C=O) groups excluding carboxylic acids is 1. The first kappa shape index (κ1) is 26.7. The molecule has 2 aromatic heterocycles. The van der Waals surface area contributed by atoms with E-state index in [1.54, 1.807) is 73.8 Å². The number of hydrogen-bond donors (Lipinski definition) is 0. The van der Waals surface area contributed by atoms with Crippen LogP contribution in [0.25, 0.3) is 22.7 Å². The van der Waals surface area contributed by atoms with Crippen molar-refractivity contribution in [2.75, 3.05) is 21.3 Å². The average molecular weight is 557 g/mol. The van der Waals surface area contributed by atoms with E-state index < -0.39 is 0 Å². The number of hydrogen-bond acceptors (Lipinski definition) is 8. The minimum absolute atomic E-state index is 0.177. The molecule has 5 aromatic rings. The highest BCUT2D eigenvalue weighted by molar-refractivity contribution is 6.31. The molecular weight excluding hydrogens is 532 g/mol. The number of ketones is 1. The largest absolute Gasteiger partial charge is 0.497 e. The zero-order valence-electron chi connectivity index (χ0n) is 22.0. The lowest BCUT2D eigenvalue weighted by Gasteiger charge is -2.10. The summed E-state index contributed by atoms with van der Waals surface area (Å²) < 4.78 is 23.7. The molecule has 0 saturated heterocycles. The van der Waals surface area contributed by atoms with E-state index in [-0.39, 0.29) is 12.4 Å². The zero-order valence-corrected chi connectivity index (χ0v) is 22.8. The van der Waals surface area contributed by atoms with Crippen LogP contribution in [0.15, 0.2) is 79.1 Å². The van der Waals surface area contributed by atoms with Gasteiger partial charge in [0.2, 0.25) is 0 Å². The molecule has 10 heteroatoms. The summed E-state index contributed by atoms with van der Waals surface area (Å²) in [5.74, 6) is 1.89. The first-order valence-corrected chi connectivity index (χ1v) is 12.6. The van der Waals surface area contributed by atoms with Crippen molar-refractivity contribution >= 4 is 34.4 Å². The number of halogens is 1. The van der Waals surface area contributed by atoms with Crippen LogP contribution in [0, 0.1) is 0 Å². The van der Waals surface area contributed by atoms with E-state index in [1.807, 2.05) is 24.3 Å². The predicted octanol–water partition coefficient (Wildman–Crippen LogP) is 5.97. The molecule has 0 saturated carbocycles. The number of nitrogens with zero attached hydrogens (tertiary/aromatic N) is 4. The van der Waals surface area contributed by atoms with Gasteiger partial charge in [-0.25, -0.2) is 4.68 Å². The number of ether oxygens (including phenoxy) is 4. The van der Waals surface area contributed by atoms with E-state index in [4.69, 9.17) is 30.5 Å². The van der Waals surface area contributed by atoms with Crippen molar-refractivity contribution < 1.29 is 23.7 Å². The molecule has 0 amide bonds. The number of methoxy groups -OCH3 is 3. The van der Waals surface area contributed by atoms with Crippen molar-refractivity contribution in [1.29, 1.82) is 0 Å². The highest BCUT2D eigenvalue weighted by Crippen LogP contribution is 2.30. The van der Waals surface area contributed by atoms with Crippen LogP contribution in [-0.4, -0.2) is 47.1 Å². The number of aromatic nitrogens is 4. The molecule has 40 heavy (non-hydrogen) atoms. The number of allylic oxidation sites excluding steroid dienone is 1. The van der Waals surface area contributed by atoms with Crippen molar-refractivity contribution in [3.63, 3.8) is 0 Å². The predicted molar refractivity (Wildman–Crippen MR) is 152 cm³/mol. The van der Waals surface area contributed by atoms with Crippen LogP contribution in [0.5, 0.6) is 23.0 Å². The van der Waals surface area contributed by atoms with E-state index in [0.29, 0.717) is 39.3 Å². The van der Waals surface area contributed by atoms with E-state index in [9.17, 15) is 4.79 Å². The monoisotopic (exact) mass is 556 g/mol. The number of fused-ring (bicyclic) bond motifs is 1. The minimum Gasteiger partial charge on any atom is -0.497 e. The molecule has 0 spiro atoms. The molecule has 0 aliphatic rings. The molecule has 0 atom stereocenters. The molecule has 0 radical (unpaired) electrons. The Morgan fingerprint density at radius 3 is 2.58 bits per heavy atom. The molecule has 0 aliphatic heterocycles. The summed E-state index contributed by atoms with van der Waals surface area (Å²) in [6.07, 6.45) is 6.69. The van der Waals surface area contributed by atoms with Crippen LogP contribution >= 0.6 is 11.6 Å². The first-order valence-electron chi connectivity index (χ1n) is 12.2. The fraction of sp³-hybridized carbons (Fsp3) is 0.133. The third-order valence-corrected chi connectivity index (χ3v) is 6.37. The van der Waals surface area contributed by atoms with Gasteiger partial charge in [-0.2, -0.15) is 0 Å². The lowest BCUT2D eigenvalue weighted by atomic mass is 10.1. The van der Waals surface area contributed by atoms with Crippen LogP contribution in [-0.2, 0) is 6.61 Å². The fourth-order valence-corrected chi connectivity index (χ4v) is 4.28. The number of benzene rings is 3. The summed E-state index contributed by atoms with van der Waals surface area (Å²) in [7, 11) is 4.62. The highest BCUT2D eigenvalue weighted by atomic mass is 35.5. The van der Waals surface area contributed by atoms with Gasteiger partial charge in [0.05, 0.1) is 44.3 Å². The van der Waals surface area contributed by atoms with Gasteiger partial charge < -0.3 is 18.9 Å². The third-order valence-electron chi connectivity index (χ3n) is 6.13. The molecular formula is C30H25ClN4O5. The van der Waals surface area contributed by atoms with Crippen LogP contribution in [0.3, 0.4) is 0 Å². The van der Waals surface area contributed by atoms with Gasteiger partial charge >= 0.3 is 0 Å². The zero-order chi connectivity index (χ0) is 28.1. The average Bonchev–Trinajstić information content (AvgIpc) is 3.47. The Kier molecular flexibility index (Phi) is 7.93. The molecule has 2 heterocycles. The van der Waals surface area contributed by atoms with E-state index >= 15 is 0 Å². The van der Waals surface area contributed by atoms with Crippen LogP contribution in [0.4, 0.5) is 0 Å². The number of pyridine rings is 1. The van der Waals surface area contributed by atoms with Crippen molar-refractivity contribution in [3.8, 4) is 28.7 Å². The van der Waals surface area contributed by atoms with Crippen molar-refractivity contribution in [2.24, 2.45) is 0 Å². The second-order valence-corrected chi connectivity index (χ2v) is 9.05. The van der Waals surface area contributed by atoms with Gasteiger partial charge in [-0.15, -0.1) is 5.10 Å². The smallest absolute Gasteiger partial charge is 0.189 e. The second kappa shape index (κ2) is 11.9. The van der Waals surface area contributed by atoms with Gasteiger partial charge in [0.15, 0.2) is 17.3 Å². The van der Waals surface area contributed by atoms with Gasteiger partial charge in [0, 0.05) is 22.7 Å². The van der Waals surface area contributed by atoms with Crippen LogP contribution < -0.4 is 18.9 Å². The summed E-state index contributed by atoms with van der Waals surface area (Å²) in [6, 6.07) is 17.8. The Morgan fingerprint density at radius 2 is 1.77 bits per heavy atom. The maximum absolute atomic E-state index is 12.8. The minimum atomic E-state index is -0.202. The molecule has 202 valence electrons. The quantitative estimate of drug-likeness (QED) is 0.153. The fourth-order valence-electron chi connectivity index (χ4n) is 4.11. The Hall–Kier alpha value is -4.89. The standard InChI is InChI=1S/C30H25ClN4O5/c1-37-22-7-9-24(29(16-22)38-2)27(36)10-4-19-5-11-28(30(14-19)39-3)40-18-21-17-35(34-33-21)26-12-13-32-25-15-20(31)6-8-23(25)26/h4-17H,18H2,1-3H3/b10-4+. The van der Waals surface area contributed by atoms with Gasteiger partial charge in [0.1, 0.15) is 23.8 Å². The summed E-state index contributed by atoms with van der Waals surface area (Å²) in [4.78, 5) is 17.2. The van der Waals surface area contributed by atoms with Crippen molar-refractivity contribution in [2.45, 2.75) is 6.61 Å². The molecule has 0 aliphatic carbocycles. The molecule has 9 nitrogen and oxygen atoms in total. The molecule has 3 aromatic carbocycles. The molecule has 0 N–H and O–H groups in total. The Labute approximate surface area is 235 Å². The second-order valence-electron chi connectivity index (χ2n) is 8.61. The van der Waals surface area contributed by atoms with Crippen molar-refractivity contribution in [3.05, 3.63) is 101 Å². The van der Waals surface area contributed by atoms with Gasteiger partial charge in [-0.1, -0.05) is 29.0 Å². The van der Waals surface area contributed by atoms with Gasteiger partial charge in [0.25, 0.3) is 0 Å². The molecule has 0 bridgehead atoms. The summed E-state index contributed by atoms with van der Waals surface area (Å²) >= 11 is 6.10. The van der Waals surface area contributed by atoms with Gasteiger partial charge in [-0.3, -0.25) is 9.78 Å². The number of carbonyl (C=O) groups is 1. The lowest BCUT2D eigenvalue weighted by Crippen LogP contribution is -2.00. The molecule has 0 fully saturated rings. The van der Waals surface area contributed by atoms with E-state index in [2.05, 4.69) is 15.3 Å². The maximum Gasteiger partial charge on any atom is 0.189 e. The highest BCUT2D eigenvalue weighted by Gasteiger charge is 2.13. The van der Waals surface area contributed by atoms with Crippen LogP contribution in [0.2, 0.25) is 5.02 Å². The van der Waals surface area contributed by atoms with Gasteiger partial charge in [-0.05, 0) is 60.2 Å². The van der Waals surface area contributed by atoms with Crippen LogP contribution in [0.1, 0.15) is 21.6 Å². The Balaban J connectivity index is 1.28. The number of rotatable bonds is 10. The molecule has 5 rings (SSSR count).